The van der Waals surface area contributed by atoms with Crippen LogP contribution in [-0.4, -0.2) is 22.6 Å². The molecule has 0 spiro atoms. The molecule has 120 valence electrons. The van der Waals surface area contributed by atoms with Crippen LogP contribution >= 0.6 is 0 Å². The molecule has 1 atom stereocenters. The van der Waals surface area contributed by atoms with Crippen molar-refractivity contribution in [2.75, 3.05) is 5.32 Å². The predicted molar refractivity (Wildman–Crippen MR) is 83.2 cm³/mol. The van der Waals surface area contributed by atoms with Crippen molar-refractivity contribution in [1.29, 1.82) is 0 Å². The maximum atomic E-state index is 12.5. The maximum Gasteiger partial charge on any atom is 0.339 e. The number of ether oxygens (including phenoxy) is 1. The zero-order valence-electron chi connectivity index (χ0n) is 13.3. The summed E-state index contributed by atoms with van der Waals surface area (Å²) in [6.45, 7) is 5.38. The summed E-state index contributed by atoms with van der Waals surface area (Å²) in [6, 6.07) is 7.23. The molecule has 1 unspecified atom stereocenters. The van der Waals surface area contributed by atoms with Crippen LogP contribution in [-0.2, 0) is 22.4 Å². The Balaban J connectivity index is 1.87. The molecule has 3 rings (SSSR count). The average Bonchev–Trinajstić information content (AvgIpc) is 2.91. The molecule has 2 aromatic rings. The molecule has 2 heterocycles. The van der Waals surface area contributed by atoms with E-state index in [4.69, 9.17) is 9.26 Å². The normalized spacial score (nSPS) is 19.9. The van der Waals surface area contributed by atoms with E-state index < -0.39 is 17.5 Å². The van der Waals surface area contributed by atoms with E-state index in [1.54, 1.807) is 26.0 Å². The van der Waals surface area contributed by atoms with Crippen molar-refractivity contribution in [1.82, 2.24) is 5.16 Å². The molecule has 0 aliphatic carbocycles. The van der Waals surface area contributed by atoms with E-state index in [0.717, 1.165) is 17.5 Å². The minimum atomic E-state index is -1.27. The number of nitrogens with zero attached hydrogens (tertiary/aromatic N) is 1. The third-order valence-corrected chi connectivity index (χ3v) is 3.99. The SMILES string of the molecule is CCc1ccc2c(c1)CC(C)(C(=O)Nc1cc(C)on1)OC2=O. The molecule has 1 aromatic heterocycles. The van der Waals surface area contributed by atoms with E-state index in [9.17, 15) is 9.59 Å². The third kappa shape index (κ3) is 2.84. The number of amides is 1. The lowest BCUT2D eigenvalue weighted by atomic mass is 9.88. The molecule has 1 amide bonds. The fraction of sp³-hybridized carbons (Fsp3) is 0.353. The topological polar surface area (TPSA) is 81.4 Å². The van der Waals surface area contributed by atoms with Crippen LogP contribution < -0.4 is 5.32 Å². The van der Waals surface area contributed by atoms with Crippen molar-refractivity contribution in [3.05, 3.63) is 46.7 Å². The molecular formula is C17H18N2O4. The van der Waals surface area contributed by atoms with Crippen LogP contribution in [0.2, 0.25) is 0 Å². The van der Waals surface area contributed by atoms with Gasteiger partial charge in [0, 0.05) is 12.5 Å². The Morgan fingerprint density at radius 3 is 2.83 bits per heavy atom. The molecule has 0 bridgehead atoms. The number of anilines is 1. The fourth-order valence-corrected chi connectivity index (χ4v) is 2.67. The number of benzene rings is 1. The highest BCUT2D eigenvalue weighted by Gasteiger charge is 2.43. The second-order valence-electron chi connectivity index (χ2n) is 5.92. The van der Waals surface area contributed by atoms with Gasteiger partial charge in [0.25, 0.3) is 5.91 Å². The maximum absolute atomic E-state index is 12.5. The summed E-state index contributed by atoms with van der Waals surface area (Å²) in [5.74, 6) is -0.0171. The van der Waals surface area contributed by atoms with Gasteiger partial charge in [0.1, 0.15) is 5.76 Å². The third-order valence-electron chi connectivity index (χ3n) is 3.99. The van der Waals surface area contributed by atoms with Crippen molar-refractivity contribution >= 4 is 17.7 Å². The number of hydrogen-bond donors (Lipinski definition) is 1. The molecule has 1 N–H and O–H groups in total. The van der Waals surface area contributed by atoms with Crippen LogP contribution in [0.3, 0.4) is 0 Å². The van der Waals surface area contributed by atoms with Crippen molar-refractivity contribution in [3.8, 4) is 0 Å². The van der Waals surface area contributed by atoms with Gasteiger partial charge in [-0.05, 0) is 37.5 Å². The van der Waals surface area contributed by atoms with Crippen molar-refractivity contribution in [2.24, 2.45) is 0 Å². The van der Waals surface area contributed by atoms with Crippen LogP contribution in [0.25, 0.3) is 0 Å². The molecule has 23 heavy (non-hydrogen) atoms. The zero-order chi connectivity index (χ0) is 16.6. The lowest BCUT2D eigenvalue weighted by Crippen LogP contribution is -2.49. The first-order chi connectivity index (χ1) is 10.9. The van der Waals surface area contributed by atoms with Crippen LogP contribution in [0.4, 0.5) is 5.82 Å². The minimum Gasteiger partial charge on any atom is -0.445 e. The van der Waals surface area contributed by atoms with Gasteiger partial charge in [-0.25, -0.2) is 4.79 Å². The van der Waals surface area contributed by atoms with E-state index >= 15 is 0 Å². The quantitative estimate of drug-likeness (QED) is 0.881. The summed E-state index contributed by atoms with van der Waals surface area (Å²) < 4.78 is 10.3. The van der Waals surface area contributed by atoms with Gasteiger partial charge in [0.15, 0.2) is 11.4 Å². The first kappa shape index (κ1) is 15.3. The molecule has 1 aliphatic rings. The molecule has 6 nitrogen and oxygen atoms in total. The lowest BCUT2D eigenvalue weighted by molar-refractivity contribution is -0.134. The summed E-state index contributed by atoms with van der Waals surface area (Å²) in [7, 11) is 0. The standard InChI is InChI=1S/C17H18N2O4/c1-4-11-5-6-13-12(8-11)9-17(3,22-15(13)20)16(21)18-14-7-10(2)23-19-14/h5-8H,4,9H2,1-3H3,(H,18,19,21). The Morgan fingerprint density at radius 1 is 1.39 bits per heavy atom. The zero-order valence-corrected chi connectivity index (χ0v) is 13.3. The number of cyclic esters (lactones) is 1. The van der Waals surface area contributed by atoms with Crippen LogP contribution in [0, 0.1) is 6.92 Å². The minimum absolute atomic E-state index is 0.304. The summed E-state index contributed by atoms with van der Waals surface area (Å²) in [5, 5.41) is 6.36. The molecule has 1 aromatic carbocycles. The predicted octanol–water partition coefficient (Wildman–Crippen LogP) is 2.66. The van der Waals surface area contributed by atoms with Gasteiger partial charge in [0.2, 0.25) is 0 Å². The molecule has 6 heteroatoms. The van der Waals surface area contributed by atoms with Gasteiger partial charge >= 0.3 is 5.97 Å². The molecule has 0 radical (unpaired) electrons. The van der Waals surface area contributed by atoms with Gasteiger partial charge in [-0.1, -0.05) is 24.2 Å². The molecule has 0 saturated carbocycles. The van der Waals surface area contributed by atoms with E-state index in [2.05, 4.69) is 10.5 Å². The monoisotopic (exact) mass is 314 g/mol. The van der Waals surface area contributed by atoms with Crippen LogP contribution in [0.5, 0.6) is 0 Å². The Hall–Kier alpha value is -2.63. The molecule has 0 fully saturated rings. The van der Waals surface area contributed by atoms with E-state index in [1.165, 1.54) is 0 Å². The highest BCUT2D eigenvalue weighted by molar-refractivity contribution is 6.02. The van der Waals surface area contributed by atoms with Crippen LogP contribution in [0.1, 0.15) is 41.1 Å². The number of carbonyl (C=O) groups excluding carboxylic acids is 2. The summed E-state index contributed by atoms with van der Waals surface area (Å²) in [6.07, 6.45) is 1.19. The summed E-state index contributed by atoms with van der Waals surface area (Å²) in [5.41, 5.74) is 1.19. The lowest BCUT2D eigenvalue weighted by Gasteiger charge is -2.33. The van der Waals surface area contributed by atoms with Crippen LogP contribution in [0.15, 0.2) is 28.8 Å². The molecule has 1 aliphatic heterocycles. The molecule has 0 saturated heterocycles. The first-order valence-corrected chi connectivity index (χ1v) is 7.51. The fourth-order valence-electron chi connectivity index (χ4n) is 2.67. The van der Waals surface area contributed by atoms with E-state index in [0.29, 0.717) is 23.6 Å². The summed E-state index contributed by atoms with van der Waals surface area (Å²) in [4.78, 5) is 24.8. The Morgan fingerprint density at radius 2 is 2.17 bits per heavy atom. The van der Waals surface area contributed by atoms with Crippen molar-refractivity contribution in [2.45, 2.75) is 39.2 Å². The van der Waals surface area contributed by atoms with Gasteiger partial charge in [-0.15, -0.1) is 0 Å². The van der Waals surface area contributed by atoms with E-state index in [1.807, 2.05) is 19.1 Å². The number of aromatic nitrogens is 1. The highest BCUT2D eigenvalue weighted by Crippen LogP contribution is 2.30. The largest absolute Gasteiger partial charge is 0.445 e. The van der Waals surface area contributed by atoms with Crippen molar-refractivity contribution < 1.29 is 18.8 Å². The number of carbonyl (C=O) groups is 2. The smallest absolute Gasteiger partial charge is 0.339 e. The van der Waals surface area contributed by atoms with Gasteiger partial charge < -0.3 is 14.6 Å². The number of esters is 1. The van der Waals surface area contributed by atoms with Gasteiger partial charge in [-0.2, -0.15) is 0 Å². The Kier molecular flexibility index (Phi) is 3.67. The first-order valence-electron chi connectivity index (χ1n) is 7.51. The number of rotatable bonds is 3. The van der Waals surface area contributed by atoms with Gasteiger partial charge in [-0.3, -0.25) is 4.79 Å². The second kappa shape index (κ2) is 5.53. The highest BCUT2D eigenvalue weighted by atomic mass is 16.6. The number of nitrogens with one attached hydrogen (secondary N) is 1. The molecular weight excluding hydrogens is 296 g/mol. The Bertz CT molecular complexity index is 781. The number of aryl methyl sites for hydroxylation is 2. The average molecular weight is 314 g/mol. The second-order valence-corrected chi connectivity index (χ2v) is 5.92. The Labute approximate surface area is 133 Å². The van der Waals surface area contributed by atoms with Crippen molar-refractivity contribution in [3.63, 3.8) is 0 Å². The van der Waals surface area contributed by atoms with Gasteiger partial charge in [0.05, 0.1) is 5.56 Å². The van der Waals surface area contributed by atoms with E-state index in [-0.39, 0.29) is 0 Å². The number of hydrogen-bond acceptors (Lipinski definition) is 5. The summed E-state index contributed by atoms with van der Waals surface area (Å²) >= 11 is 0. The number of fused-ring (bicyclic) bond motifs is 1.